The minimum atomic E-state index is -4.49. The van der Waals surface area contributed by atoms with Gasteiger partial charge < -0.3 is 4.90 Å². The maximum Gasteiger partial charge on any atom is 0.406 e. The van der Waals surface area contributed by atoms with Gasteiger partial charge in [0.2, 0.25) is 0 Å². The Morgan fingerprint density at radius 1 is 1.12 bits per heavy atom. The maximum atomic E-state index is 12.9. The van der Waals surface area contributed by atoms with Crippen LogP contribution in [0.5, 0.6) is 0 Å². The second-order valence-corrected chi connectivity index (χ2v) is 5.66. The van der Waals surface area contributed by atoms with Crippen molar-refractivity contribution < 1.29 is 18.0 Å². The average molecular weight is 348 g/mol. The molecule has 3 aromatic rings. The van der Waals surface area contributed by atoms with Crippen molar-refractivity contribution in [2.45, 2.75) is 19.6 Å². The predicted octanol–water partition coefficient (Wildman–Crippen LogP) is 3.24. The Balaban J connectivity index is 1.92. The number of nitrogens with zero attached hydrogens (tertiary/aromatic N) is 4. The van der Waals surface area contributed by atoms with Gasteiger partial charge in [0.15, 0.2) is 5.65 Å². The predicted molar refractivity (Wildman–Crippen MR) is 85.0 cm³/mol. The summed E-state index contributed by atoms with van der Waals surface area (Å²) in [5.74, 6) is -0.147. The van der Waals surface area contributed by atoms with Crippen molar-refractivity contribution in [3.63, 3.8) is 0 Å². The first-order valence-electron chi connectivity index (χ1n) is 7.55. The van der Waals surface area contributed by atoms with Crippen molar-refractivity contribution in [3.8, 4) is 0 Å². The Morgan fingerprint density at radius 3 is 2.52 bits per heavy atom. The van der Waals surface area contributed by atoms with E-state index in [9.17, 15) is 18.0 Å². The molecule has 0 unspecified atom stereocenters. The molecule has 8 heteroatoms. The van der Waals surface area contributed by atoms with E-state index in [0.717, 1.165) is 4.90 Å². The highest BCUT2D eigenvalue weighted by atomic mass is 19.4. The van der Waals surface area contributed by atoms with Gasteiger partial charge in [-0.15, -0.1) is 10.2 Å². The van der Waals surface area contributed by atoms with Crippen molar-refractivity contribution in [1.29, 1.82) is 0 Å². The van der Waals surface area contributed by atoms with Crippen LogP contribution in [-0.4, -0.2) is 38.1 Å². The fraction of sp³-hybridized carbons (Fsp3) is 0.235. The van der Waals surface area contributed by atoms with Crippen molar-refractivity contribution in [3.05, 3.63) is 65.6 Å². The van der Waals surface area contributed by atoms with Crippen LogP contribution < -0.4 is 0 Å². The number of carbonyl (C=O) groups is 1. The molecular weight excluding hydrogens is 333 g/mol. The second kappa shape index (κ2) is 6.54. The van der Waals surface area contributed by atoms with Gasteiger partial charge in [-0.1, -0.05) is 30.3 Å². The number of fused-ring (bicyclic) bond motifs is 1. The third-order valence-electron chi connectivity index (χ3n) is 3.69. The molecule has 0 spiro atoms. The molecule has 0 aliphatic heterocycles. The third kappa shape index (κ3) is 3.96. The maximum absolute atomic E-state index is 12.9. The highest BCUT2D eigenvalue weighted by molar-refractivity contribution is 5.94. The Hall–Kier alpha value is -2.90. The van der Waals surface area contributed by atoms with Crippen LogP contribution in [-0.2, 0) is 6.54 Å². The van der Waals surface area contributed by atoms with E-state index in [0.29, 0.717) is 17.0 Å². The van der Waals surface area contributed by atoms with E-state index >= 15 is 0 Å². The fourth-order valence-electron chi connectivity index (χ4n) is 2.53. The number of halogens is 3. The highest BCUT2D eigenvalue weighted by Gasteiger charge is 2.33. The lowest BCUT2D eigenvalue weighted by Crippen LogP contribution is -2.38. The first-order valence-corrected chi connectivity index (χ1v) is 7.55. The largest absolute Gasteiger partial charge is 0.406 e. The Kier molecular flexibility index (Phi) is 4.43. The summed E-state index contributed by atoms with van der Waals surface area (Å²) < 4.78 is 40.4. The number of amides is 1. The van der Waals surface area contributed by atoms with Gasteiger partial charge in [-0.25, -0.2) is 0 Å². The number of alkyl halides is 3. The number of rotatable bonds is 4. The van der Waals surface area contributed by atoms with E-state index in [4.69, 9.17) is 0 Å². The third-order valence-corrected chi connectivity index (χ3v) is 3.69. The van der Waals surface area contributed by atoms with E-state index in [1.54, 1.807) is 47.7 Å². The molecule has 0 atom stereocenters. The molecule has 130 valence electrons. The smallest absolute Gasteiger partial charge is 0.325 e. The lowest BCUT2D eigenvalue weighted by atomic mass is 10.2. The molecule has 0 aliphatic rings. The molecule has 0 saturated heterocycles. The van der Waals surface area contributed by atoms with Crippen LogP contribution in [0.3, 0.4) is 0 Å². The molecule has 1 amide bonds. The minimum Gasteiger partial charge on any atom is -0.325 e. The SMILES string of the molecule is Cc1nnc2ccc(C(=O)N(Cc3ccccc3)CC(F)(F)F)cn12. The monoisotopic (exact) mass is 348 g/mol. The Labute approximate surface area is 141 Å². The molecule has 5 nitrogen and oxygen atoms in total. The van der Waals surface area contributed by atoms with E-state index in [1.165, 1.54) is 12.3 Å². The van der Waals surface area contributed by atoms with Crippen LogP contribution in [0, 0.1) is 6.92 Å². The van der Waals surface area contributed by atoms with Gasteiger partial charge in [0.25, 0.3) is 5.91 Å². The molecule has 1 aromatic carbocycles. The summed E-state index contributed by atoms with van der Waals surface area (Å²) in [6.07, 6.45) is -3.03. The second-order valence-electron chi connectivity index (χ2n) is 5.66. The van der Waals surface area contributed by atoms with E-state index < -0.39 is 18.6 Å². The van der Waals surface area contributed by atoms with Crippen LogP contribution in [0.2, 0.25) is 0 Å². The molecule has 0 N–H and O–H groups in total. The molecular formula is C17H15F3N4O. The fourth-order valence-corrected chi connectivity index (χ4v) is 2.53. The van der Waals surface area contributed by atoms with Gasteiger partial charge in [0.1, 0.15) is 12.4 Å². The van der Waals surface area contributed by atoms with Gasteiger partial charge in [0, 0.05) is 12.7 Å². The number of pyridine rings is 1. The van der Waals surface area contributed by atoms with Gasteiger partial charge >= 0.3 is 6.18 Å². The molecule has 3 rings (SSSR count). The van der Waals surface area contributed by atoms with E-state index in [-0.39, 0.29) is 12.1 Å². The first-order chi connectivity index (χ1) is 11.8. The van der Waals surface area contributed by atoms with Crippen molar-refractivity contribution in [2.24, 2.45) is 0 Å². The van der Waals surface area contributed by atoms with Crippen LogP contribution in [0.15, 0.2) is 48.7 Å². The average Bonchev–Trinajstić information content (AvgIpc) is 2.94. The summed E-state index contributed by atoms with van der Waals surface area (Å²) in [6.45, 7) is 0.254. The van der Waals surface area contributed by atoms with E-state index in [2.05, 4.69) is 10.2 Å². The van der Waals surface area contributed by atoms with Gasteiger partial charge in [-0.05, 0) is 24.6 Å². The summed E-state index contributed by atoms with van der Waals surface area (Å²) in [5.41, 5.74) is 1.30. The first kappa shape index (κ1) is 16.9. The normalized spacial score (nSPS) is 11.7. The molecule has 25 heavy (non-hydrogen) atoms. The quantitative estimate of drug-likeness (QED) is 0.727. The molecule has 2 heterocycles. The van der Waals surface area contributed by atoms with Crippen LogP contribution in [0.25, 0.3) is 5.65 Å². The standard InChI is InChI=1S/C17H15F3N4O/c1-12-21-22-15-8-7-14(10-24(12)15)16(25)23(11-17(18,19)20)9-13-5-3-2-4-6-13/h2-8,10H,9,11H2,1H3. The number of aromatic nitrogens is 3. The van der Waals surface area contributed by atoms with Gasteiger partial charge in [-0.3, -0.25) is 9.20 Å². The molecule has 0 aliphatic carbocycles. The zero-order valence-corrected chi connectivity index (χ0v) is 13.4. The lowest BCUT2D eigenvalue weighted by molar-refractivity contribution is -0.141. The molecule has 0 radical (unpaired) electrons. The summed E-state index contributed by atoms with van der Waals surface area (Å²) in [5, 5.41) is 7.78. The van der Waals surface area contributed by atoms with Crippen LogP contribution in [0.4, 0.5) is 13.2 Å². The minimum absolute atomic E-state index is 0.127. The molecule has 2 aromatic heterocycles. The molecule has 0 saturated carbocycles. The zero-order chi connectivity index (χ0) is 18.0. The number of aryl methyl sites for hydroxylation is 1. The number of carbonyl (C=O) groups excluding carboxylic acids is 1. The van der Waals surface area contributed by atoms with E-state index in [1.807, 2.05) is 0 Å². The topological polar surface area (TPSA) is 50.5 Å². The molecule has 0 fully saturated rings. The Morgan fingerprint density at radius 2 is 1.84 bits per heavy atom. The highest BCUT2D eigenvalue weighted by Crippen LogP contribution is 2.20. The molecule has 0 bridgehead atoms. The summed E-state index contributed by atoms with van der Waals surface area (Å²) in [6, 6.07) is 11.6. The summed E-state index contributed by atoms with van der Waals surface area (Å²) in [4.78, 5) is 13.5. The number of hydrogen-bond donors (Lipinski definition) is 0. The Bertz CT molecular complexity index is 890. The number of benzene rings is 1. The van der Waals surface area contributed by atoms with Crippen molar-refractivity contribution >= 4 is 11.6 Å². The van der Waals surface area contributed by atoms with Gasteiger partial charge in [0.05, 0.1) is 5.56 Å². The zero-order valence-electron chi connectivity index (χ0n) is 13.4. The lowest BCUT2D eigenvalue weighted by Gasteiger charge is -2.24. The van der Waals surface area contributed by atoms with Crippen molar-refractivity contribution in [2.75, 3.05) is 6.54 Å². The van der Waals surface area contributed by atoms with Crippen molar-refractivity contribution in [1.82, 2.24) is 19.5 Å². The van der Waals surface area contributed by atoms with Gasteiger partial charge in [-0.2, -0.15) is 13.2 Å². The van der Waals surface area contributed by atoms with Crippen LogP contribution >= 0.6 is 0 Å². The summed E-state index contributed by atoms with van der Waals surface area (Å²) in [7, 11) is 0. The summed E-state index contributed by atoms with van der Waals surface area (Å²) >= 11 is 0. The van der Waals surface area contributed by atoms with Crippen LogP contribution in [0.1, 0.15) is 21.7 Å². The number of hydrogen-bond acceptors (Lipinski definition) is 3.